The fraction of sp³-hybridized carbons (Fsp3) is 0.366. The Kier molecular flexibility index (Phi) is 7.40. The number of piperidine rings is 1. The standard InChI is InChI=1S/C41H40N8O4/c50-37-8-6-35(38(51)45-37)49-39(52)30-5-3-28(18-31(30)40(49)53)47-15-13-46(14-16-47)12-10-25-19-41(20-25)23-48(24-41)36-7-2-27(21-43-36)26-1-4-29-32-22-42-11-9-33(32)44-34(29)17-26/h1-5,7,9,11,17-18,21-22,25,35,44H,6,8,10,12-16,19-20,23-24H2,(H,45,50,51). The second-order valence-corrected chi connectivity index (χ2v) is 15.6. The molecule has 3 aromatic heterocycles. The number of piperazine rings is 1. The van der Waals surface area contributed by atoms with Crippen LogP contribution < -0.4 is 15.1 Å². The molecule has 5 aliphatic rings. The Bertz CT molecular complexity index is 2310. The number of imide groups is 2. The molecule has 0 radical (unpaired) electrons. The van der Waals surface area contributed by atoms with E-state index in [9.17, 15) is 19.2 Å². The number of amides is 4. The highest BCUT2D eigenvalue weighted by molar-refractivity contribution is 6.23. The maximum absolute atomic E-state index is 13.3. The third kappa shape index (κ3) is 5.46. The molecule has 0 bridgehead atoms. The van der Waals surface area contributed by atoms with Crippen LogP contribution in [-0.4, -0.2) is 100 Å². The van der Waals surface area contributed by atoms with Gasteiger partial charge in [-0.2, -0.15) is 0 Å². The van der Waals surface area contributed by atoms with Crippen molar-refractivity contribution in [1.29, 1.82) is 0 Å². The first-order chi connectivity index (χ1) is 25.8. The molecule has 2 N–H and O–H groups in total. The molecular weight excluding hydrogens is 669 g/mol. The molecule has 5 aromatic rings. The highest BCUT2D eigenvalue weighted by atomic mass is 16.2. The number of fused-ring (bicyclic) bond motifs is 4. The van der Waals surface area contributed by atoms with Gasteiger partial charge in [-0.1, -0.05) is 12.1 Å². The Labute approximate surface area is 306 Å². The monoisotopic (exact) mass is 708 g/mol. The van der Waals surface area contributed by atoms with Crippen molar-refractivity contribution in [3.05, 3.63) is 84.3 Å². The summed E-state index contributed by atoms with van der Waals surface area (Å²) in [6.07, 6.45) is 9.79. The minimum atomic E-state index is -0.951. The number of H-pyrrole nitrogens is 1. The smallest absolute Gasteiger partial charge is 0.262 e. The van der Waals surface area contributed by atoms with Crippen molar-refractivity contribution in [3.63, 3.8) is 0 Å². The number of benzene rings is 2. The molecule has 268 valence electrons. The number of aromatic nitrogens is 3. The molecular formula is C41H40N8O4. The van der Waals surface area contributed by atoms with E-state index in [2.05, 4.69) is 60.3 Å². The summed E-state index contributed by atoms with van der Waals surface area (Å²) in [4.78, 5) is 71.3. The third-order valence-corrected chi connectivity index (χ3v) is 12.3. The van der Waals surface area contributed by atoms with Crippen LogP contribution in [0.15, 0.2) is 73.2 Å². The number of rotatable bonds is 7. The second kappa shape index (κ2) is 12.2. The minimum Gasteiger partial charge on any atom is -0.369 e. The van der Waals surface area contributed by atoms with Gasteiger partial charge in [-0.05, 0) is 86.2 Å². The van der Waals surface area contributed by atoms with Gasteiger partial charge in [-0.15, -0.1) is 0 Å². The summed E-state index contributed by atoms with van der Waals surface area (Å²) in [5, 5.41) is 4.58. The summed E-state index contributed by atoms with van der Waals surface area (Å²) in [6, 6.07) is 17.3. The van der Waals surface area contributed by atoms with Crippen molar-refractivity contribution in [1.82, 2.24) is 30.1 Å². The van der Waals surface area contributed by atoms with Crippen LogP contribution in [-0.2, 0) is 9.59 Å². The minimum absolute atomic E-state index is 0.109. The quantitative estimate of drug-likeness (QED) is 0.233. The molecule has 4 fully saturated rings. The zero-order chi connectivity index (χ0) is 35.8. The van der Waals surface area contributed by atoms with Gasteiger partial charge in [0.15, 0.2) is 0 Å². The largest absolute Gasteiger partial charge is 0.369 e. The maximum atomic E-state index is 13.3. The number of nitrogens with zero attached hydrogens (tertiary/aromatic N) is 6. The fourth-order valence-electron chi connectivity index (χ4n) is 9.47. The SMILES string of the molecule is O=C1CCC(N2C(=O)c3ccc(N4CCN(CCC5CC6(C5)CN(c5ccc(-c7ccc8c(c7)[nH]c7ccncc78)cn5)C6)CC4)cc3C2=O)C(=O)N1. The van der Waals surface area contributed by atoms with Crippen molar-refractivity contribution in [2.45, 2.75) is 38.1 Å². The predicted octanol–water partition coefficient (Wildman–Crippen LogP) is 4.61. The molecule has 12 nitrogen and oxygen atoms in total. The van der Waals surface area contributed by atoms with Gasteiger partial charge in [-0.25, -0.2) is 4.98 Å². The van der Waals surface area contributed by atoms with Crippen LogP contribution in [0.5, 0.6) is 0 Å². The van der Waals surface area contributed by atoms with Crippen LogP contribution in [0.4, 0.5) is 11.5 Å². The number of aromatic amines is 1. The summed E-state index contributed by atoms with van der Waals surface area (Å²) in [6.45, 7) is 6.87. The Morgan fingerprint density at radius 1 is 0.774 bits per heavy atom. The summed E-state index contributed by atoms with van der Waals surface area (Å²) >= 11 is 0. The molecule has 1 atom stereocenters. The van der Waals surface area contributed by atoms with Crippen molar-refractivity contribution < 1.29 is 19.2 Å². The zero-order valence-corrected chi connectivity index (χ0v) is 29.4. The van der Waals surface area contributed by atoms with E-state index in [4.69, 9.17) is 4.98 Å². The summed E-state index contributed by atoms with van der Waals surface area (Å²) in [5.74, 6) is -0.0669. The number of carbonyl (C=O) groups excluding carboxylic acids is 4. The lowest BCUT2D eigenvalue weighted by molar-refractivity contribution is -0.136. The number of carbonyl (C=O) groups is 4. The summed E-state index contributed by atoms with van der Waals surface area (Å²) < 4.78 is 0. The fourth-order valence-corrected chi connectivity index (χ4v) is 9.47. The molecule has 53 heavy (non-hydrogen) atoms. The zero-order valence-electron chi connectivity index (χ0n) is 29.4. The van der Waals surface area contributed by atoms with E-state index in [1.807, 2.05) is 30.7 Å². The van der Waals surface area contributed by atoms with E-state index in [0.29, 0.717) is 16.5 Å². The topological polar surface area (TPSA) is 135 Å². The number of nitrogens with one attached hydrogen (secondary N) is 2. The van der Waals surface area contributed by atoms with Crippen LogP contribution in [0.25, 0.3) is 32.9 Å². The third-order valence-electron chi connectivity index (χ3n) is 12.3. The summed E-state index contributed by atoms with van der Waals surface area (Å²) in [7, 11) is 0. The highest BCUT2D eigenvalue weighted by Gasteiger charge is 2.52. The highest BCUT2D eigenvalue weighted by Crippen LogP contribution is 2.53. The van der Waals surface area contributed by atoms with E-state index in [1.54, 1.807) is 12.1 Å². The number of anilines is 2. The number of hydrogen-bond donors (Lipinski definition) is 2. The van der Waals surface area contributed by atoms with Gasteiger partial charge >= 0.3 is 0 Å². The van der Waals surface area contributed by atoms with Crippen molar-refractivity contribution in [3.8, 4) is 11.1 Å². The van der Waals surface area contributed by atoms with Gasteiger partial charge in [0.1, 0.15) is 11.9 Å². The normalized spacial score (nSPS) is 21.7. The molecule has 1 aliphatic carbocycles. The molecule has 2 aromatic carbocycles. The van der Waals surface area contributed by atoms with Gasteiger partial charge in [0, 0.05) is 103 Å². The lowest BCUT2D eigenvalue weighted by Gasteiger charge is -2.60. The summed E-state index contributed by atoms with van der Waals surface area (Å²) in [5.41, 5.74) is 6.48. The predicted molar refractivity (Wildman–Crippen MR) is 201 cm³/mol. The van der Waals surface area contributed by atoms with Gasteiger partial charge in [0.25, 0.3) is 11.8 Å². The molecule has 12 heteroatoms. The average molecular weight is 709 g/mol. The van der Waals surface area contributed by atoms with E-state index >= 15 is 0 Å². The Morgan fingerprint density at radius 3 is 2.38 bits per heavy atom. The molecule has 10 rings (SSSR count). The maximum Gasteiger partial charge on any atom is 0.262 e. The first kappa shape index (κ1) is 32.1. The Hall–Kier alpha value is -5.62. The van der Waals surface area contributed by atoms with Gasteiger partial charge in [0.05, 0.1) is 11.1 Å². The van der Waals surface area contributed by atoms with Gasteiger partial charge in [-0.3, -0.25) is 39.3 Å². The van der Waals surface area contributed by atoms with Crippen LogP contribution in [0.1, 0.15) is 52.8 Å². The molecule has 1 unspecified atom stereocenters. The van der Waals surface area contributed by atoms with E-state index < -0.39 is 23.8 Å². The van der Waals surface area contributed by atoms with E-state index in [-0.39, 0.29) is 18.7 Å². The first-order valence-electron chi connectivity index (χ1n) is 18.7. The van der Waals surface area contributed by atoms with E-state index in [1.165, 1.54) is 24.6 Å². The Morgan fingerprint density at radius 2 is 1.58 bits per heavy atom. The number of hydrogen-bond acceptors (Lipinski definition) is 9. The van der Waals surface area contributed by atoms with E-state index in [0.717, 1.165) is 95.7 Å². The molecule has 3 saturated heterocycles. The van der Waals surface area contributed by atoms with Gasteiger partial charge < -0.3 is 14.8 Å². The first-order valence-corrected chi connectivity index (χ1v) is 18.7. The van der Waals surface area contributed by atoms with Crippen LogP contribution >= 0.6 is 0 Å². The van der Waals surface area contributed by atoms with Crippen LogP contribution in [0, 0.1) is 11.3 Å². The van der Waals surface area contributed by atoms with Crippen molar-refractivity contribution in [2.75, 3.05) is 55.6 Å². The molecule has 1 spiro atoms. The van der Waals surface area contributed by atoms with Crippen molar-refractivity contribution >= 4 is 56.9 Å². The van der Waals surface area contributed by atoms with Crippen molar-refractivity contribution in [2.24, 2.45) is 11.3 Å². The number of pyridine rings is 2. The van der Waals surface area contributed by atoms with Gasteiger partial charge in [0.2, 0.25) is 11.8 Å². The average Bonchev–Trinajstić information content (AvgIpc) is 3.64. The lowest BCUT2D eigenvalue weighted by Crippen LogP contribution is -2.62. The molecule has 4 amide bonds. The van der Waals surface area contributed by atoms with Crippen LogP contribution in [0.3, 0.4) is 0 Å². The molecule has 4 aliphatic heterocycles. The Balaban J connectivity index is 0.682. The second-order valence-electron chi connectivity index (χ2n) is 15.6. The van der Waals surface area contributed by atoms with Crippen LogP contribution in [0.2, 0.25) is 0 Å². The molecule has 1 saturated carbocycles. The lowest BCUT2D eigenvalue weighted by atomic mass is 9.57. The molecule has 7 heterocycles.